The van der Waals surface area contributed by atoms with E-state index in [-0.39, 0.29) is 5.78 Å². The highest BCUT2D eigenvalue weighted by Crippen LogP contribution is 2.07. The van der Waals surface area contributed by atoms with Gasteiger partial charge in [0.2, 0.25) is 0 Å². The molecule has 0 aromatic carbocycles. The molecule has 1 atom stereocenters. The van der Waals surface area contributed by atoms with Crippen LogP contribution in [0.1, 0.15) is 58.8 Å². The van der Waals surface area contributed by atoms with Crippen molar-refractivity contribution in [1.29, 1.82) is 0 Å². The fraction of sp³-hybridized carbons (Fsp3) is 0.917. The van der Waals surface area contributed by atoms with Gasteiger partial charge in [-0.1, -0.05) is 39.5 Å². The standard InChI is InChI=1S/C11H22O2.CH4O4S/c1-3-5-6-7-8-9-11(13)10(12)4-2;1-5-6(2,3)4/h10,12H,3-9H2,1-2H3;1H3,(H,2,3,4). The van der Waals surface area contributed by atoms with Crippen LogP contribution in [0, 0.1) is 0 Å². The third-order valence-corrected chi connectivity index (χ3v) is 2.92. The monoisotopic (exact) mass is 298 g/mol. The maximum atomic E-state index is 11.2. The Morgan fingerprint density at radius 3 is 2.00 bits per heavy atom. The summed E-state index contributed by atoms with van der Waals surface area (Å²) in [6.45, 7) is 4.01. The summed E-state index contributed by atoms with van der Waals surface area (Å²) >= 11 is 0. The fourth-order valence-corrected chi connectivity index (χ4v) is 1.30. The van der Waals surface area contributed by atoms with Gasteiger partial charge in [-0.15, -0.1) is 0 Å². The van der Waals surface area contributed by atoms with Crippen LogP contribution >= 0.6 is 0 Å². The van der Waals surface area contributed by atoms with E-state index < -0.39 is 16.5 Å². The molecule has 0 bridgehead atoms. The summed E-state index contributed by atoms with van der Waals surface area (Å²) in [6, 6.07) is 0. The number of unbranched alkanes of at least 4 members (excludes halogenated alkanes) is 4. The number of carbonyl (C=O) groups is 1. The van der Waals surface area contributed by atoms with Crippen LogP contribution in [0.3, 0.4) is 0 Å². The predicted molar refractivity (Wildman–Crippen MR) is 73.2 cm³/mol. The van der Waals surface area contributed by atoms with Gasteiger partial charge in [-0.25, -0.2) is 0 Å². The third kappa shape index (κ3) is 17.5. The summed E-state index contributed by atoms with van der Waals surface area (Å²) in [5.74, 6) is 0.0130. The summed E-state index contributed by atoms with van der Waals surface area (Å²) in [5, 5.41) is 9.18. The largest absolute Gasteiger partial charge is 0.397 e. The number of ketones is 1. The summed E-state index contributed by atoms with van der Waals surface area (Å²) in [5.41, 5.74) is 0. The van der Waals surface area contributed by atoms with Gasteiger partial charge in [0.15, 0.2) is 5.78 Å². The second-order valence-corrected chi connectivity index (χ2v) is 5.34. The van der Waals surface area contributed by atoms with Crippen LogP contribution < -0.4 is 0 Å². The van der Waals surface area contributed by atoms with Crippen molar-refractivity contribution in [1.82, 2.24) is 0 Å². The lowest BCUT2D eigenvalue weighted by molar-refractivity contribution is -0.127. The number of rotatable bonds is 9. The number of aliphatic hydroxyl groups excluding tert-OH is 1. The van der Waals surface area contributed by atoms with Crippen LogP contribution in [0.15, 0.2) is 0 Å². The molecule has 0 aliphatic heterocycles. The molecule has 1 unspecified atom stereocenters. The van der Waals surface area contributed by atoms with Gasteiger partial charge in [-0.05, 0) is 12.8 Å². The minimum atomic E-state index is -4.16. The molecule has 0 aliphatic rings. The molecule has 2 N–H and O–H groups in total. The Morgan fingerprint density at radius 1 is 1.16 bits per heavy atom. The van der Waals surface area contributed by atoms with Gasteiger partial charge in [-0.3, -0.25) is 13.5 Å². The first-order valence-corrected chi connectivity index (χ1v) is 7.88. The zero-order chi connectivity index (χ0) is 15.3. The molecule has 0 saturated heterocycles. The van der Waals surface area contributed by atoms with E-state index >= 15 is 0 Å². The molecule has 0 aliphatic carbocycles. The van der Waals surface area contributed by atoms with Gasteiger partial charge in [0.05, 0.1) is 7.11 Å². The zero-order valence-corrected chi connectivity index (χ0v) is 12.8. The fourth-order valence-electron chi connectivity index (χ4n) is 1.30. The van der Waals surface area contributed by atoms with E-state index in [0.717, 1.165) is 20.0 Å². The van der Waals surface area contributed by atoms with Gasteiger partial charge in [-0.2, -0.15) is 8.42 Å². The molecular weight excluding hydrogens is 272 g/mol. The number of hydrogen-bond acceptors (Lipinski definition) is 5. The van der Waals surface area contributed by atoms with Crippen LogP contribution in [0.4, 0.5) is 0 Å². The summed E-state index contributed by atoms with van der Waals surface area (Å²) in [6.07, 6.45) is 6.15. The van der Waals surface area contributed by atoms with Crippen molar-refractivity contribution < 1.29 is 27.1 Å². The average molecular weight is 298 g/mol. The molecule has 7 heteroatoms. The second kappa shape index (κ2) is 12.5. The van der Waals surface area contributed by atoms with Crippen molar-refractivity contribution in [3.63, 3.8) is 0 Å². The molecule has 6 nitrogen and oxygen atoms in total. The molecule has 0 aromatic heterocycles. The molecule has 19 heavy (non-hydrogen) atoms. The highest BCUT2D eigenvalue weighted by atomic mass is 32.3. The van der Waals surface area contributed by atoms with Crippen molar-refractivity contribution in [2.75, 3.05) is 7.11 Å². The Balaban J connectivity index is 0. The molecule has 0 saturated carbocycles. The molecule has 0 amide bonds. The van der Waals surface area contributed by atoms with Crippen LogP contribution in [-0.4, -0.2) is 37.1 Å². The van der Waals surface area contributed by atoms with Crippen molar-refractivity contribution >= 4 is 16.2 Å². The smallest absolute Gasteiger partial charge is 0.385 e. The van der Waals surface area contributed by atoms with Crippen LogP contribution in [0.5, 0.6) is 0 Å². The van der Waals surface area contributed by atoms with Crippen molar-refractivity contribution in [2.45, 2.75) is 64.9 Å². The van der Waals surface area contributed by atoms with Crippen LogP contribution in [-0.2, 0) is 19.4 Å². The molecule has 0 radical (unpaired) electrons. The third-order valence-electron chi connectivity index (χ3n) is 2.50. The Kier molecular flexibility index (Phi) is 13.7. The van der Waals surface area contributed by atoms with Gasteiger partial charge in [0.1, 0.15) is 6.10 Å². The first kappa shape index (κ1) is 20.8. The normalized spacial score (nSPS) is 12.5. The van der Waals surface area contributed by atoms with E-state index in [1.165, 1.54) is 19.3 Å². The van der Waals surface area contributed by atoms with E-state index in [1.807, 2.05) is 6.92 Å². The summed E-state index contributed by atoms with van der Waals surface area (Å²) in [7, 11) is -3.29. The van der Waals surface area contributed by atoms with Crippen LogP contribution in [0.25, 0.3) is 0 Å². The second-order valence-electron chi connectivity index (χ2n) is 4.15. The SMILES string of the molecule is CCCCCCCC(=O)C(O)CC.COS(=O)(=O)O. The lowest BCUT2D eigenvalue weighted by Gasteiger charge is -2.05. The maximum absolute atomic E-state index is 11.2. The molecule has 0 aromatic rings. The minimum Gasteiger partial charge on any atom is -0.385 e. The summed E-state index contributed by atoms with van der Waals surface area (Å²) in [4.78, 5) is 11.2. The van der Waals surface area contributed by atoms with Gasteiger partial charge in [0.25, 0.3) is 0 Å². The predicted octanol–water partition coefficient (Wildman–Crippen LogP) is 2.12. The number of Topliss-reactive ketones (excluding diaryl/α,β-unsaturated/α-hetero) is 1. The molecule has 0 rings (SSSR count). The minimum absolute atomic E-state index is 0.0130. The average Bonchev–Trinajstić information content (AvgIpc) is 2.37. The van der Waals surface area contributed by atoms with Crippen molar-refractivity contribution in [2.24, 2.45) is 0 Å². The molecule has 116 valence electrons. The topological polar surface area (TPSA) is 101 Å². The van der Waals surface area contributed by atoms with E-state index in [1.54, 1.807) is 0 Å². The van der Waals surface area contributed by atoms with E-state index in [9.17, 15) is 18.3 Å². The highest BCUT2D eigenvalue weighted by molar-refractivity contribution is 7.80. The van der Waals surface area contributed by atoms with Crippen molar-refractivity contribution in [3.8, 4) is 0 Å². The van der Waals surface area contributed by atoms with E-state index in [0.29, 0.717) is 12.8 Å². The quantitative estimate of drug-likeness (QED) is 0.499. The van der Waals surface area contributed by atoms with Crippen LogP contribution in [0.2, 0.25) is 0 Å². The first-order valence-electron chi connectivity index (χ1n) is 6.52. The summed E-state index contributed by atoms with van der Waals surface area (Å²) < 4.78 is 29.7. The Hall–Kier alpha value is -0.500. The van der Waals surface area contributed by atoms with Gasteiger partial charge < -0.3 is 5.11 Å². The lowest BCUT2D eigenvalue weighted by atomic mass is 10.0. The van der Waals surface area contributed by atoms with Crippen molar-refractivity contribution in [3.05, 3.63) is 0 Å². The number of carbonyl (C=O) groups excluding carboxylic acids is 1. The number of hydrogen-bond donors (Lipinski definition) is 2. The Labute approximate surface area is 116 Å². The lowest BCUT2D eigenvalue weighted by Crippen LogP contribution is -2.18. The molecule has 0 fully saturated rings. The van der Waals surface area contributed by atoms with Gasteiger partial charge in [0, 0.05) is 6.42 Å². The Morgan fingerprint density at radius 2 is 1.63 bits per heavy atom. The number of aliphatic hydroxyl groups is 1. The molecular formula is C12H26O6S. The molecule has 0 heterocycles. The highest BCUT2D eigenvalue weighted by Gasteiger charge is 2.10. The Bertz CT molecular complexity index is 312. The van der Waals surface area contributed by atoms with E-state index in [4.69, 9.17) is 4.55 Å². The first-order chi connectivity index (χ1) is 8.78. The zero-order valence-electron chi connectivity index (χ0n) is 12.0. The van der Waals surface area contributed by atoms with Gasteiger partial charge >= 0.3 is 10.4 Å². The maximum Gasteiger partial charge on any atom is 0.397 e. The van der Waals surface area contributed by atoms with E-state index in [2.05, 4.69) is 11.1 Å². The molecule has 0 spiro atoms.